The molecule has 2 aromatic carbocycles. The van der Waals surface area contributed by atoms with Crippen LogP contribution in [0.5, 0.6) is 11.5 Å². The van der Waals surface area contributed by atoms with Gasteiger partial charge in [-0.3, -0.25) is 4.79 Å². The van der Waals surface area contributed by atoms with Gasteiger partial charge in [0, 0.05) is 30.5 Å². The summed E-state index contributed by atoms with van der Waals surface area (Å²) >= 11 is 0. The first-order valence-corrected chi connectivity index (χ1v) is 9.57. The Labute approximate surface area is 163 Å². The number of fused-ring (bicyclic) bond motifs is 2. The van der Waals surface area contributed by atoms with Crippen LogP contribution in [0.3, 0.4) is 0 Å². The lowest BCUT2D eigenvalue weighted by molar-refractivity contribution is -0.130. The predicted molar refractivity (Wildman–Crippen MR) is 103 cm³/mol. The van der Waals surface area contributed by atoms with Crippen molar-refractivity contribution in [3.8, 4) is 11.5 Å². The van der Waals surface area contributed by atoms with Crippen molar-refractivity contribution in [2.45, 2.75) is 45.4 Å². The highest BCUT2D eigenvalue weighted by molar-refractivity contribution is 5.95. The molecule has 2 heterocycles. The quantitative estimate of drug-likeness (QED) is 0.807. The van der Waals surface area contributed by atoms with Gasteiger partial charge in [-0.15, -0.1) is 0 Å². The first-order chi connectivity index (χ1) is 13.5. The molecule has 0 spiro atoms. The molecule has 2 unspecified atom stereocenters. The van der Waals surface area contributed by atoms with Crippen LogP contribution in [0.1, 0.15) is 40.9 Å². The molecule has 0 bridgehead atoms. The number of esters is 1. The number of amides is 1. The van der Waals surface area contributed by atoms with E-state index in [-0.39, 0.29) is 18.6 Å². The summed E-state index contributed by atoms with van der Waals surface area (Å²) in [6.07, 6.45) is 0.524. The highest BCUT2D eigenvalue weighted by atomic mass is 16.5. The second kappa shape index (κ2) is 7.54. The summed E-state index contributed by atoms with van der Waals surface area (Å²) in [5.74, 6) is 0.792. The van der Waals surface area contributed by atoms with Crippen LogP contribution in [-0.4, -0.2) is 30.7 Å². The lowest BCUT2D eigenvalue weighted by atomic mass is 9.98. The largest absolute Gasteiger partial charge is 0.494 e. The molecule has 0 aliphatic carbocycles. The van der Waals surface area contributed by atoms with E-state index in [1.807, 2.05) is 38.1 Å². The average molecular weight is 381 g/mol. The van der Waals surface area contributed by atoms with E-state index in [1.165, 1.54) is 0 Å². The number of benzene rings is 2. The Bertz CT molecular complexity index is 923. The van der Waals surface area contributed by atoms with Crippen molar-refractivity contribution in [1.82, 2.24) is 5.32 Å². The molecule has 0 saturated carbocycles. The third-order valence-electron chi connectivity index (χ3n) is 5.02. The van der Waals surface area contributed by atoms with Gasteiger partial charge in [-0.1, -0.05) is 18.2 Å². The SMILES string of the molecule is CCOc1cc2c(cc1CNC(=O)C1Cc3ccccc3C(=O)O1)OC(C)C2. The molecule has 0 radical (unpaired) electrons. The van der Waals surface area contributed by atoms with E-state index >= 15 is 0 Å². The van der Waals surface area contributed by atoms with Gasteiger partial charge in [-0.2, -0.15) is 0 Å². The third-order valence-corrected chi connectivity index (χ3v) is 5.02. The van der Waals surface area contributed by atoms with Crippen LogP contribution >= 0.6 is 0 Å². The highest BCUT2D eigenvalue weighted by Gasteiger charge is 2.31. The molecular formula is C22H23NO5. The molecule has 6 nitrogen and oxygen atoms in total. The first-order valence-electron chi connectivity index (χ1n) is 9.57. The molecule has 2 aromatic rings. The smallest absolute Gasteiger partial charge is 0.339 e. The number of hydrogen-bond acceptors (Lipinski definition) is 5. The monoisotopic (exact) mass is 381 g/mol. The molecule has 146 valence electrons. The summed E-state index contributed by atoms with van der Waals surface area (Å²) < 4.78 is 16.9. The van der Waals surface area contributed by atoms with E-state index < -0.39 is 12.1 Å². The standard InChI is InChI=1S/C22H23NO5/c1-3-26-18-10-15-8-13(2)27-19(15)11-16(18)12-23-21(24)20-9-14-6-4-5-7-17(14)22(25)28-20/h4-7,10-11,13,20H,3,8-9,12H2,1-2H3,(H,23,24). The molecule has 28 heavy (non-hydrogen) atoms. The van der Waals surface area contributed by atoms with Gasteiger partial charge in [0.15, 0.2) is 6.10 Å². The number of rotatable bonds is 5. The Morgan fingerprint density at radius 1 is 1.18 bits per heavy atom. The predicted octanol–water partition coefficient (Wildman–Crippen LogP) is 2.81. The summed E-state index contributed by atoms with van der Waals surface area (Å²) in [6, 6.07) is 11.1. The molecule has 6 heteroatoms. The molecule has 2 aliphatic heterocycles. The van der Waals surface area contributed by atoms with Gasteiger partial charge in [0.05, 0.1) is 12.2 Å². The molecule has 4 rings (SSSR count). The maximum atomic E-state index is 12.6. The Morgan fingerprint density at radius 2 is 2.00 bits per heavy atom. The summed E-state index contributed by atoms with van der Waals surface area (Å²) in [7, 11) is 0. The summed E-state index contributed by atoms with van der Waals surface area (Å²) in [5.41, 5.74) is 3.30. The number of ether oxygens (including phenoxy) is 3. The molecule has 0 saturated heterocycles. The van der Waals surface area contributed by atoms with E-state index in [1.54, 1.807) is 12.1 Å². The topological polar surface area (TPSA) is 73.9 Å². The fourth-order valence-corrected chi connectivity index (χ4v) is 3.68. The zero-order valence-electron chi connectivity index (χ0n) is 16.0. The molecule has 1 amide bonds. The summed E-state index contributed by atoms with van der Waals surface area (Å²) in [5, 5.41) is 2.87. The normalized spacial score (nSPS) is 19.9. The molecule has 0 aromatic heterocycles. The van der Waals surface area contributed by atoms with Crippen LogP contribution in [0.15, 0.2) is 36.4 Å². The van der Waals surface area contributed by atoms with Crippen molar-refractivity contribution in [2.75, 3.05) is 6.61 Å². The Balaban J connectivity index is 1.47. The van der Waals surface area contributed by atoms with E-state index in [9.17, 15) is 9.59 Å². The minimum absolute atomic E-state index is 0.135. The van der Waals surface area contributed by atoms with Gasteiger partial charge in [0.2, 0.25) is 0 Å². The number of nitrogens with one attached hydrogen (secondary N) is 1. The maximum Gasteiger partial charge on any atom is 0.339 e. The molecular weight excluding hydrogens is 358 g/mol. The Morgan fingerprint density at radius 3 is 2.82 bits per heavy atom. The van der Waals surface area contributed by atoms with E-state index in [4.69, 9.17) is 14.2 Å². The van der Waals surface area contributed by atoms with Crippen LogP contribution < -0.4 is 14.8 Å². The van der Waals surface area contributed by atoms with Crippen molar-refractivity contribution in [1.29, 1.82) is 0 Å². The third kappa shape index (κ3) is 3.54. The van der Waals surface area contributed by atoms with Gasteiger partial charge in [0.25, 0.3) is 5.91 Å². The van der Waals surface area contributed by atoms with Gasteiger partial charge in [-0.25, -0.2) is 4.79 Å². The minimum atomic E-state index is -0.830. The maximum absolute atomic E-state index is 12.6. The first kappa shape index (κ1) is 18.3. The number of cyclic esters (lactones) is 1. The van der Waals surface area contributed by atoms with Crippen molar-refractivity contribution < 1.29 is 23.8 Å². The Kier molecular flexibility index (Phi) is 4.94. The van der Waals surface area contributed by atoms with Crippen molar-refractivity contribution >= 4 is 11.9 Å². The number of carbonyl (C=O) groups excluding carboxylic acids is 2. The Hall–Kier alpha value is -3.02. The molecule has 0 fully saturated rings. The summed E-state index contributed by atoms with van der Waals surface area (Å²) in [6.45, 7) is 4.76. The van der Waals surface area contributed by atoms with Crippen LogP contribution in [0, 0.1) is 0 Å². The summed E-state index contributed by atoms with van der Waals surface area (Å²) in [4.78, 5) is 24.8. The van der Waals surface area contributed by atoms with Crippen LogP contribution in [-0.2, 0) is 28.9 Å². The van der Waals surface area contributed by atoms with Crippen molar-refractivity contribution in [3.63, 3.8) is 0 Å². The minimum Gasteiger partial charge on any atom is -0.494 e. The van der Waals surface area contributed by atoms with E-state index in [0.717, 1.165) is 34.6 Å². The van der Waals surface area contributed by atoms with Crippen LogP contribution in [0.4, 0.5) is 0 Å². The fraction of sp³-hybridized carbons (Fsp3) is 0.364. The second-order valence-electron chi connectivity index (χ2n) is 7.11. The number of carbonyl (C=O) groups is 2. The highest BCUT2D eigenvalue weighted by Crippen LogP contribution is 2.35. The van der Waals surface area contributed by atoms with Crippen molar-refractivity contribution in [3.05, 3.63) is 58.7 Å². The molecule has 2 aliphatic rings. The zero-order chi connectivity index (χ0) is 19.7. The van der Waals surface area contributed by atoms with Gasteiger partial charge >= 0.3 is 5.97 Å². The van der Waals surface area contributed by atoms with Crippen molar-refractivity contribution in [2.24, 2.45) is 0 Å². The van der Waals surface area contributed by atoms with Crippen LogP contribution in [0.25, 0.3) is 0 Å². The molecule has 1 N–H and O–H groups in total. The fourth-order valence-electron chi connectivity index (χ4n) is 3.68. The van der Waals surface area contributed by atoms with Gasteiger partial charge in [-0.05, 0) is 37.6 Å². The zero-order valence-corrected chi connectivity index (χ0v) is 16.0. The average Bonchev–Trinajstić information content (AvgIpc) is 3.05. The van der Waals surface area contributed by atoms with Gasteiger partial charge in [0.1, 0.15) is 17.6 Å². The lowest BCUT2D eigenvalue weighted by Gasteiger charge is -2.24. The van der Waals surface area contributed by atoms with Gasteiger partial charge < -0.3 is 19.5 Å². The lowest BCUT2D eigenvalue weighted by Crippen LogP contribution is -2.41. The molecule has 2 atom stereocenters. The van der Waals surface area contributed by atoms with Crippen LogP contribution in [0.2, 0.25) is 0 Å². The van der Waals surface area contributed by atoms with E-state index in [0.29, 0.717) is 18.6 Å². The second-order valence-corrected chi connectivity index (χ2v) is 7.11. The van der Waals surface area contributed by atoms with E-state index in [2.05, 4.69) is 5.32 Å². The number of hydrogen-bond donors (Lipinski definition) is 1.